The topological polar surface area (TPSA) is 114 Å². The van der Waals surface area contributed by atoms with Crippen LogP contribution in [0.4, 0.5) is 10.5 Å². The molecule has 0 bridgehead atoms. The number of imide groups is 1. The monoisotopic (exact) mass is 403 g/mol. The van der Waals surface area contributed by atoms with Crippen LogP contribution in [-0.2, 0) is 19.1 Å². The molecular weight excluding hydrogens is 378 g/mol. The number of nitrogens with one attached hydrogen (secondary N) is 2. The first-order chi connectivity index (χ1) is 13.9. The third-order valence-corrected chi connectivity index (χ3v) is 4.92. The second-order valence-electron chi connectivity index (χ2n) is 7.12. The van der Waals surface area contributed by atoms with Gasteiger partial charge in [-0.2, -0.15) is 0 Å². The van der Waals surface area contributed by atoms with E-state index in [1.807, 2.05) is 0 Å². The Morgan fingerprint density at radius 3 is 2.72 bits per heavy atom. The highest BCUT2D eigenvalue weighted by molar-refractivity contribution is 6.00. The summed E-state index contributed by atoms with van der Waals surface area (Å²) in [7, 11) is 0. The molecule has 1 aliphatic carbocycles. The molecule has 2 aliphatic rings. The molecule has 1 saturated carbocycles. The molecule has 9 heteroatoms. The average Bonchev–Trinajstić information content (AvgIpc) is 3.13. The highest BCUT2D eigenvalue weighted by Crippen LogP contribution is 2.30. The number of rotatable bonds is 5. The number of carbonyl (C=O) groups is 4. The SMILES string of the molecule is C[C@H](OC(=O)CN1C(=O)CCOc2ccccc21)C(=O)NC(=O)NC1CCCC1. The molecule has 156 valence electrons. The Bertz CT molecular complexity index is 790. The van der Waals surface area contributed by atoms with Crippen LogP contribution in [0.3, 0.4) is 0 Å². The van der Waals surface area contributed by atoms with Crippen molar-refractivity contribution < 1.29 is 28.7 Å². The Hall–Kier alpha value is -3.10. The number of amides is 4. The van der Waals surface area contributed by atoms with Crippen LogP contribution in [-0.4, -0.2) is 49.1 Å². The molecule has 2 N–H and O–H groups in total. The minimum absolute atomic E-state index is 0.0667. The lowest BCUT2D eigenvalue weighted by atomic mass is 10.2. The number of hydrogen-bond acceptors (Lipinski definition) is 6. The zero-order valence-electron chi connectivity index (χ0n) is 16.3. The number of hydrogen-bond donors (Lipinski definition) is 2. The Morgan fingerprint density at radius 1 is 1.24 bits per heavy atom. The molecule has 0 aromatic heterocycles. The van der Waals surface area contributed by atoms with E-state index in [0.717, 1.165) is 25.7 Å². The van der Waals surface area contributed by atoms with Gasteiger partial charge in [-0.3, -0.25) is 24.6 Å². The Labute approximate surface area is 168 Å². The van der Waals surface area contributed by atoms with Gasteiger partial charge in [0.1, 0.15) is 12.3 Å². The predicted octanol–water partition coefficient (Wildman–Crippen LogP) is 1.50. The van der Waals surface area contributed by atoms with E-state index in [1.54, 1.807) is 24.3 Å². The molecule has 29 heavy (non-hydrogen) atoms. The Balaban J connectivity index is 1.53. The molecule has 9 nitrogen and oxygen atoms in total. The summed E-state index contributed by atoms with van der Waals surface area (Å²) in [6.07, 6.45) is 2.83. The number of para-hydroxylation sites is 2. The number of ether oxygens (including phenoxy) is 2. The van der Waals surface area contributed by atoms with Crippen LogP contribution >= 0.6 is 0 Å². The largest absolute Gasteiger partial charge is 0.491 e. The van der Waals surface area contributed by atoms with Crippen LogP contribution in [0.25, 0.3) is 0 Å². The third-order valence-electron chi connectivity index (χ3n) is 4.92. The Kier molecular flexibility index (Phi) is 6.69. The summed E-state index contributed by atoms with van der Waals surface area (Å²) < 4.78 is 10.6. The third kappa shape index (κ3) is 5.46. The van der Waals surface area contributed by atoms with Crippen molar-refractivity contribution in [2.24, 2.45) is 0 Å². The Morgan fingerprint density at radius 2 is 1.97 bits per heavy atom. The van der Waals surface area contributed by atoms with Gasteiger partial charge >= 0.3 is 12.0 Å². The summed E-state index contributed by atoms with van der Waals surface area (Å²) in [6, 6.07) is 6.36. The number of nitrogens with zero attached hydrogens (tertiary/aromatic N) is 1. The van der Waals surface area contributed by atoms with E-state index in [0.29, 0.717) is 11.4 Å². The van der Waals surface area contributed by atoms with Crippen LogP contribution in [0, 0.1) is 0 Å². The van der Waals surface area contributed by atoms with Gasteiger partial charge in [-0.25, -0.2) is 4.79 Å². The summed E-state index contributed by atoms with van der Waals surface area (Å²) >= 11 is 0. The molecule has 1 fully saturated rings. The number of urea groups is 1. The van der Waals surface area contributed by atoms with Crippen LogP contribution in [0.1, 0.15) is 39.0 Å². The molecule has 0 spiro atoms. The molecule has 1 aliphatic heterocycles. The van der Waals surface area contributed by atoms with Gasteiger partial charge in [-0.15, -0.1) is 0 Å². The molecule has 0 unspecified atom stereocenters. The summed E-state index contributed by atoms with van der Waals surface area (Å²) in [6.45, 7) is 1.23. The minimum atomic E-state index is -1.18. The smallest absolute Gasteiger partial charge is 0.326 e. The van der Waals surface area contributed by atoms with Crippen molar-refractivity contribution in [3.63, 3.8) is 0 Å². The highest BCUT2D eigenvalue weighted by atomic mass is 16.5. The van der Waals surface area contributed by atoms with Crippen molar-refractivity contribution in [3.8, 4) is 5.75 Å². The normalized spacial score (nSPS) is 17.6. The number of benzene rings is 1. The maximum atomic E-state index is 12.3. The van der Waals surface area contributed by atoms with Crippen molar-refractivity contribution in [1.82, 2.24) is 10.6 Å². The first-order valence-corrected chi connectivity index (χ1v) is 9.77. The molecule has 0 radical (unpaired) electrons. The molecule has 0 saturated heterocycles. The average molecular weight is 403 g/mol. The first-order valence-electron chi connectivity index (χ1n) is 9.77. The van der Waals surface area contributed by atoms with Crippen molar-refractivity contribution in [2.45, 2.75) is 51.2 Å². The van der Waals surface area contributed by atoms with Gasteiger partial charge in [0.05, 0.1) is 18.7 Å². The fraction of sp³-hybridized carbons (Fsp3) is 0.500. The highest BCUT2D eigenvalue weighted by Gasteiger charge is 2.28. The number of anilines is 1. The van der Waals surface area contributed by atoms with E-state index < -0.39 is 24.0 Å². The van der Waals surface area contributed by atoms with Gasteiger partial charge in [0.2, 0.25) is 5.91 Å². The van der Waals surface area contributed by atoms with Gasteiger partial charge < -0.3 is 14.8 Å². The summed E-state index contributed by atoms with van der Waals surface area (Å²) in [4.78, 5) is 50.0. The molecule has 4 amide bonds. The molecule has 1 aromatic carbocycles. The van der Waals surface area contributed by atoms with Crippen LogP contribution in [0.5, 0.6) is 5.75 Å². The fourth-order valence-electron chi connectivity index (χ4n) is 3.42. The van der Waals surface area contributed by atoms with Crippen molar-refractivity contribution in [1.29, 1.82) is 0 Å². The lowest BCUT2D eigenvalue weighted by molar-refractivity contribution is -0.153. The van der Waals surface area contributed by atoms with Crippen molar-refractivity contribution >= 4 is 29.5 Å². The van der Waals surface area contributed by atoms with E-state index in [-0.39, 0.29) is 31.5 Å². The zero-order valence-corrected chi connectivity index (χ0v) is 16.3. The zero-order chi connectivity index (χ0) is 20.8. The molecular formula is C20H25N3O6. The van der Waals surface area contributed by atoms with E-state index in [4.69, 9.17) is 9.47 Å². The number of carbonyl (C=O) groups excluding carboxylic acids is 4. The summed E-state index contributed by atoms with van der Waals surface area (Å²) in [5, 5.41) is 4.91. The van der Waals surface area contributed by atoms with Gasteiger partial charge in [0.15, 0.2) is 6.10 Å². The van der Waals surface area contributed by atoms with Crippen LogP contribution in [0.2, 0.25) is 0 Å². The second-order valence-corrected chi connectivity index (χ2v) is 7.12. The maximum Gasteiger partial charge on any atom is 0.326 e. The van der Waals surface area contributed by atoms with Crippen LogP contribution in [0.15, 0.2) is 24.3 Å². The van der Waals surface area contributed by atoms with Crippen molar-refractivity contribution in [3.05, 3.63) is 24.3 Å². The lowest BCUT2D eigenvalue weighted by Crippen LogP contribution is -2.48. The van der Waals surface area contributed by atoms with Gasteiger partial charge in [0.25, 0.3) is 5.91 Å². The first kappa shape index (κ1) is 20.6. The van der Waals surface area contributed by atoms with E-state index >= 15 is 0 Å². The molecule has 1 heterocycles. The number of esters is 1. The standard InChI is InChI=1S/C20H25N3O6/c1-13(19(26)22-20(27)21-14-6-2-3-7-14)29-18(25)12-23-15-8-4-5-9-16(15)28-11-10-17(23)24/h4-5,8-9,13-14H,2-3,6-7,10-12H2,1H3,(H2,21,22,26,27)/t13-/m0/s1. The molecule has 3 rings (SSSR count). The van der Waals surface area contributed by atoms with Gasteiger partial charge in [0, 0.05) is 6.04 Å². The van der Waals surface area contributed by atoms with Crippen LogP contribution < -0.4 is 20.3 Å². The fourth-order valence-corrected chi connectivity index (χ4v) is 3.42. The van der Waals surface area contributed by atoms with E-state index in [9.17, 15) is 19.2 Å². The summed E-state index contributed by atoms with van der Waals surface area (Å²) in [5.74, 6) is -1.26. The second kappa shape index (κ2) is 9.40. The summed E-state index contributed by atoms with van der Waals surface area (Å²) in [5.41, 5.74) is 0.472. The molecule has 1 atom stereocenters. The lowest BCUT2D eigenvalue weighted by Gasteiger charge is -2.22. The number of fused-ring (bicyclic) bond motifs is 1. The van der Waals surface area contributed by atoms with E-state index in [1.165, 1.54) is 11.8 Å². The van der Waals surface area contributed by atoms with Gasteiger partial charge in [-0.05, 0) is 31.9 Å². The minimum Gasteiger partial charge on any atom is -0.491 e. The maximum absolute atomic E-state index is 12.3. The quantitative estimate of drug-likeness (QED) is 0.721. The van der Waals surface area contributed by atoms with E-state index in [2.05, 4.69) is 10.6 Å². The molecule has 1 aromatic rings. The van der Waals surface area contributed by atoms with Crippen molar-refractivity contribution in [2.75, 3.05) is 18.1 Å². The predicted molar refractivity (Wildman–Crippen MR) is 103 cm³/mol. The van der Waals surface area contributed by atoms with Gasteiger partial charge in [-0.1, -0.05) is 25.0 Å².